The molecule has 1 aromatic carbocycles. The molecular formula is C20H21N3O8. The molecule has 3 atom stereocenters. The lowest BCUT2D eigenvalue weighted by atomic mass is 10.0. The molecule has 1 aromatic rings. The number of rotatable bonds is 4. The summed E-state index contributed by atoms with van der Waals surface area (Å²) in [6.07, 6.45) is -1.66. The van der Waals surface area contributed by atoms with Gasteiger partial charge < -0.3 is 19.5 Å². The standard InChI is InChI=1S/C20H21N3O8/c1-10-7-22(20(28)29)8-12(31-10)9-30-11-2-3-13-14(6-11)19(27)23(18(13)26)15-4-5-16(24)21-17(15)25/h2-3,6,10,12,15H,4-5,7-9H2,1H3,(H,28,29)(H,21,24,25)/t10-,12+,15?/m1/s1. The molecule has 0 radical (unpaired) electrons. The summed E-state index contributed by atoms with van der Waals surface area (Å²) in [5.74, 6) is -2.01. The predicted molar refractivity (Wildman–Crippen MR) is 103 cm³/mol. The number of carboxylic acid groups (broad SMARTS) is 1. The number of hydrogen-bond acceptors (Lipinski definition) is 7. The molecule has 0 saturated carbocycles. The zero-order valence-corrected chi connectivity index (χ0v) is 16.7. The Kier molecular flexibility index (Phi) is 5.36. The normalized spacial score (nSPS) is 26.0. The third-order valence-electron chi connectivity index (χ3n) is 5.44. The van der Waals surface area contributed by atoms with Crippen LogP contribution in [0, 0.1) is 0 Å². The van der Waals surface area contributed by atoms with Gasteiger partial charge in [0.25, 0.3) is 11.8 Å². The van der Waals surface area contributed by atoms with Gasteiger partial charge in [-0.15, -0.1) is 0 Å². The van der Waals surface area contributed by atoms with Crippen LogP contribution in [0.3, 0.4) is 0 Å². The van der Waals surface area contributed by atoms with Crippen LogP contribution in [0.25, 0.3) is 0 Å². The molecule has 5 amide bonds. The molecule has 3 aliphatic rings. The van der Waals surface area contributed by atoms with E-state index in [1.54, 1.807) is 6.92 Å². The van der Waals surface area contributed by atoms with Gasteiger partial charge in [0.1, 0.15) is 24.5 Å². The minimum Gasteiger partial charge on any atom is -0.491 e. The summed E-state index contributed by atoms with van der Waals surface area (Å²) in [6.45, 7) is 2.26. The van der Waals surface area contributed by atoms with Gasteiger partial charge in [-0.05, 0) is 31.5 Å². The van der Waals surface area contributed by atoms with E-state index in [9.17, 15) is 29.1 Å². The molecule has 3 heterocycles. The van der Waals surface area contributed by atoms with E-state index in [4.69, 9.17) is 9.47 Å². The van der Waals surface area contributed by atoms with Gasteiger partial charge in [-0.2, -0.15) is 0 Å². The number of carbonyl (C=O) groups is 5. The molecule has 0 bridgehead atoms. The Morgan fingerprint density at radius 1 is 1.19 bits per heavy atom. The fraction of sp³-hybridized carbons (Fsp3) is 0.450. The van der Waals surface area contributed by atoms with Crippen LogP contribution in [0.4, 0.5) is 4.79 Å². The Hall–Kier alpha value is -3.47. The van der Waals surface area contributed by atoms with Crippen molar-refractivity contribution in [1.29, 1.82) is 0 Å². The van der Waals surface area contributed by atoms with Crippen molar-refractivity contribution in [3.63, 3.8) is 0 Å². The third-order valence-corrected chi connectivity index (χ3v) is 5.44. The number of amides is 5. The second kappa shape index (κ2) is 7.99. The first-order valence-corrected chi connectivity index (χ1v) is 9.86. The van der Waals surface area contributed by atoms with Crippen LogP contribution in [-0.4, -0.2) is 82.6 Å². The van der Waals surface area contributed by atoms with E-state index in [2.05, 4.69) is 5.32 Å². The summed E-state index contributed by atoms with van der Waals surface area (Å²) in [6, 6.07) is 3.36. The SMILES string of the molecule is C[C@@H]1CN(C(=O)O)C[C@@H](COc2ccc3c(c2)C(=O)N(C2CCC(=O)NC2=O)C3=O)O1. The summed E-state index contributed by atoms with van der Waals surface area (Å²) in [5.41, 5.74) is 0.263. The van der Waals surface area contributed by atoms with E-state index in [0.717, 1.165) is 4.90 Å². The molecule has 11 heteroatoms. The van der Waals surface area contributed by atoms with Crippen LogP contribution in [0.2, 0.25) is 0 Å². The van der Waals surface area contributed by atoms with Crippen molar-refractivity contribution in [3.05, 3.63) is 29.3 Å². The van der Waals surface area contributed by atoms with Crippen LogP contribution in [0.5, 0.6) is 5.75 Å². The molecule has 2 fully saturated rings. The number of ether oxygens (including phenoxy) is 2. The first-order chi connectivity index (χ1) is 14.7. The van der Waals surface area contributed by atoms with Crippen molar-refractivity contribution >= 4 is 29.7 Å². The zero-order chi connectivity index (χ0) is 22.3. The Balaban J connectivity index is 1.45. The second-order valence-corrected chi connectivity index (χ2v) is 7.72. The maximum atomic E-state index is 12.8. The molecule has 2 N–H and O–H groups in total. The van der Waals surface area contributed by atoms with Gasteiger partial charge in [0.2, 0.25) is 11.8 Å². The molecule has 4 rings (SSSR count). The van der Waals surface area contributed by atoms with Crippen molar-refractivity contribution in [2.45, 2.75) is 38.0 Å². The number of piperidine rings is 1. The summed E-state index contributed by atoms with van der Waals surface area (Å²) in [7, 11) is 0. The summed E-state index contributed by atoms with van der Waals surface area (Å²) >= 11 is 0. The monoisotopic (exact) mass is 431 g/mol. The van der Waals surface area contributed by atoms with Crippen LogP contribution < -0.4 is 10.1 Å². The van der Waals surface area contributed by atoms with Gasteiger partial charge in [-0.3, -0.25) is 29.4 Å². The molecular weight excluding hydrogens is 410 g/mol. The molecule has 3 aliphatic heterocycles. The number of nitrogens with one attached hydrogen (secondary N) is 1. The first-order valence-electron chi connectivity index (χ1n) is 9.86. The van der Waals surface area contributed by atoms with Crippen molar-refractivity contribution in [1.82, 2.24) is 15.1 Å². The molecule has 0 aromatic heterocycles. The van der Waals surface area contributed by atoms with Crippen molar-refractivity contribution in [3.8, 4) is 5.75 Å². The summed E-state index contributed by atoms with van der Waals surface area (Å²) in [5, 5.41) is 11.3. The number of carbonyl (C=O) groups excluding carboxylic acids is 4. The van der Waals surface area contributed by atoms with E-state index in [1.165, 1.54) is 23.1 Å². The minimum absolute atomic E-state index is 0.0470. The van der Waals surface area contributed by atoms with Gasteiger partial charge in [0, 0.05) is 6.42 Å². The van der Waals surface area contributed by atoms with Crippen molar-refractivity contribution in [2.24, 2.45) is 0 Å². The molecule has 31 heavy (non-hydrogen) atoms. The van der Waals surface area contributed by atoms with Gasteiger partial charge in [0.05, 0.1) is 30.3 Å². The molecule has 11 nitrogen and oxygen atoms in total. The fourth-order valence-corrected chi connectivity index (χ4v) is 4.02. The fourth-order valence-electron chi connectivity index (χ4n) is 4.02. The maximum absolute atomic E-state index is 12.8. The predicted octanol–water partition coefficient (Wildman–Crippen LogP) is 0.234. The van der Waals surface area contributed by atoms with Gasteiger partial charge in [-0.1, -0.05) is 0 Å². The lowest BCUT2D eigenvalue weighted by Gasteiger charge is -2.34. The highest BCUT2D eigenvalue weighted by Gasteiger charge is 2.44. The highest BCUT2D eigenvalue weighted by molar-refractivity contribution is 6.23. The van der Waals surface area contributed by atoms with Gasteiger partial charge in [-0.25, -0.2) is 4.79 Å². The number of fused-ring (bicyclic) bond motifs is 1. The number of nitrogens with zero attached hydrogens (tertiary/aromatic N) is 2. The smallest absolute Gasteiger partial charge is 0.407 e. The zero-order valence-electron chi connectivity index (χ0n) is 16.7. The lowest BCUT2D eigenvalue weighted by Crippen LogP contribution is -2.54. The molecule has 0 aliphatic carbocycles. The largest absolute Gasteiger partial charge is 0.491 e. The van der Waals surface area contributed by atoms with E-state index < -0.39 is 41.9 Å². The Bertz CT molecular complexity index is 977. The van der Waals surface area contributed by atoms with E-state index in [0.29, 0.717) is 5.75 Å². The van der Waals surface area contributed by atoms with Crippen molar-refractivity contribution < 1.29 is 38.6 Å². The Labute approximate surface area is 176 Å². The van der Waals surface area contributed by atoms with Gasteiger partial charge in [0.15, 0.2) is 0 Å². The number of morpholine rings is 1. The van der Waals surface area contributed by atoms with Crippen LogP contribution in [0.15, 0.2) is 18.2 Å². The van der Waals surface area contributed by atoms with Gasteiger partial charge >= 0.3 is 6.09 Å². The third kappa shape index (κ3) is 3.96. The first kappa shape index (κ1) is 20.8. The van der Waals surface area contributed by atoms with Crippen LogP contribution in [0.1, 0.15) is 40.5 Å². The molecule has 0 spiro atoms. The number of imide groups is 2. The minimum atomic E-state index is -1.03. The average Bonchev–Trinajstić information content (AvgIpc) is 2.96. The topological polar surface area (TPSA) is 143 Å². The molecule has 1 unspecified atom stereocenters. The molecule has 2 saturated heterocycles. The highest BCUT2D eigenvalue weighted by Crippen LogP contribution is 2.30. The highest BCUT2D eigenvalue weighted by atomic mass is 16.5. The lowest BCUT2D eigenvalue weighted by molar-refractivity contribution is -0.136. The van der Waals surface area contributed by atoms with E-state index in [1.807, 2.05) is 0 Å². The van der Waals surface area contributed by atoms with E-state index >= 15 is 0 Å². The van der Waals surface area contributed by atoms with Crippen molar-refractivity contribution in [2.75, 3.05) is 19.7 Å². The van der Waals surface area contributed by atoms with E-state index in [-0.39, 0.29) is 49.8 Å². The Morgan fingerprint density at radius 2 is 1.94 bits per heavy atom. The van der Waals surface area contributed by atoms with Crippen LogP contribution in [-0.2, 0) is 14.3 Å². The summed E-state index contributed by atoms with van der Waals surface area (Å²) in [4.78, 5) is 62.4. The molecule has 164 valence electrons. The maximum Gasteiger partial charge on any atom is 0.407 e. The average molecular weight is 431 g/mol. The second-order valence-electron chi connectivity index (χ2n) is 7.72. The van der Waals surface area contributed by atoms with Crippen LogP contribution >= 0.6 is 0 Å². The number of hydrogen-bond donors (Lipinski definition) is 2. The summed E-state index contributed by atoms with van der Waals surface area (Å²) < 4.78 is 11.4. The Morgan fingerprint density at radius 3 is 2.65 bits per heavy atom. The number of benzene rings is 1. The quantitative estimate of drug-likeness (QED) is 0.645.